The van der Waals surface area contributed by atoms with Gasteiger partial charge in [0, 0.05) is 13.7 Å². The Morgan fingerprint density at radius 3 is 2.68 bits per heavy atom. The van der Waals surface area contributed by atoms with Gasteiger partial charge in [0.1, 0.15) is 0 Å². The molecule has 1 saturated heterocycles. The Bertz CT molecular complexity index is 520. The molecule has 0 spiro atoms. The molecule has 1 heterocycles. The summed E-state index contributed by atoms with van der Waals surface area (Å²) in [6.45, 7) is 0.557. The first-order valence-corrected chi connectivity index (χ1v) is 6.83. The summed E-state index contributed by atoms with van der Waals surface area (Å²) in [4.78, 5) is 25.4. The molecule has 1 aliphatic rings. The average molecular weight is 309 g/mol. The van der Waals surface area contributed by atoms with Crippen molar-refractivity contribution in [2.75, 3.05) is 20.8 Å². The lowest BCUT2D eigenvalue weighted by atomic mass is 10.1. The second-order valence-electron chi connectivity index (χ2n) is 4.89. The molecule has 0 radical (unpaired) electrons. The van der Waals surface area contributed by atoms with Crippen molar-refractivity contribution < 1.29 is 28.9 Å². The van der Waals surface area contributed by atoms with E-state index in [1.807, 2.05) is 30.3 Å². The molecule has 1 aromatic rings. The lowest BCUT2D eigenvalue weighted by Crippen LogP contribution is -2.57. The van der Waals surface area contributed by atoms with Crippen LogP contribution in [0.2, 0.25) is 0 Å². The van der Waals surface area contributed by atoms with Gasteiger partial charge in [-0.25, -0.2) is 4.79 Å². The smallest absolute Gasteiger partial charge is 0.338 e. The monoisotopic (exact) mass is 309 g/mol. The number of carbonyl (C=O) groups is 2. The Labute approximate surface area is 128 Å². The molecule has 1 aromatic carbocycles. The summed E-state index contributed by atoms with van der Waals surface area (Å²) in [6, 6.07) is 9.39. The maximum absolute atomic E-state index is 12.4. The molecule has 1 fully saturated rings. The number of esters is 1. The molecule has 1 amide bonds. The summed E-state index contributed by atoms with van der Waals surface area (Å²) in [6.07, 6.45) is -3.74. The Kier molecular flexibility index (Phi) is 5.48. The number of hydrogen-bond acceptors (Lipinski definition) is 6. The molecule has 0 aromatic heterocycles. The third-order valence-corrected chi connectivity index (χ3v) is 3.43. The number of aliphatic hydroxyl groups is 1. The number of aliphatic hydroxyl groups excluding tert-OH is 1. The highest BCUT2D eigenvalue weighted by molar-refractivity contribution is 5.89. The van der Waals surface area contributed by atoms with E-state index in [1.54, 1.807) is 0 Å². The van der Waals surface area contributed by atoms with E-state index >= 15 is 0 Å². The number of benzene rings is 1. The van der Waals surface area contributed by atoms with Crippen molar-refractivity contribution in [2.24, 2.45) is 0 Å². The first-order chi connectivity index (χ1) is 10.6. The standard InChI is InChI=1S/C15H19NO6/c1-20-11-9-16(8-10-6-4-3-5-7-10)14(18)13(22-11)12(17)15(19)21-2/h3-7,11-13,17H,8-9H2,1-2H3/t11?,12-,13+/m0/s1. The quantitative estimate of drug-likeness (QED) is 0.766. The number of methoxy groups -OCH3 is 2. The highest BCUT2D eigenvalue weighted by Gasteiger charge is 2.42. The SMILES string of the molecule is COC(=O)[C@@H](O)[C@H]1OC(OC)CN(Cc2ccccc2)C1=O. The lowest BCUT2D eigenvalue weighted by molar-refractivity contribution is -0.224. The fourth-order valence-electron chi connectivity index (χ4n) is 2.24. The number of hydrogen-bond donors (Lipinski definition) is 1. The van der Waals surface area contributed by atoms with Crippen molar-refractivity contribution in [1.82, 2.24) is 4.90 Å². The third kappa shape index (κ3) is 3.62. The van der Waals surface area contributed by atoms with Crippen molar-refractivity contribution in [3.8, 4) is 0 Å². The summed E-state index contributed by atoms with van der Waals surface area (Å²) in [7, 11) is 2.57. The molecule has 3 atom stereocenters. The van der Waals surface area contributed by atoms with Crippen molar-refractivity contribution in [1.29, 1.82) is 0 Å². The molecule has 22 heavy (non-hydrogen) atoms. The zero-order chi connectivity index (χ0) is 16.1. The van der Waals surface area contributed by atoms with Gasteiger partial charge in [-0.2, -0.15) is 0 Å². The highest BCUT2D eigenvalue weighted by atomic mass is 16.7. The van der Waals surface area contributed by atoms with E-state index in [0.29, 0.717) is 6.54 Å². The van der Waals surface area contributed by atoms with Crippen LogP contribution in [0, 0.1) is 0 Å². The number of ether oxygens (including phenoxy) is 3. The summed E-state index contributed by atoms with van der Waals surface area (Å²) < 4.78 is 14.9. The van der Waals surface area contributed by atoms with E-state index in [9.17, 15) is 14.7 Å². The summed E-state index contributed by atoms with van der Waals surface area (Å²) in [5.74, 6) is -1.40. The molecule has 7 heteroatoms. The Morgan fingerprint density at radius 2 is 2.09 bits per heavy atom. The maximum Gasteiger partial charge on any atom is 0.338 e. The van der Waals surface area contributed by atoms with Gasteiger partial charge in [-0.3, -0.25) is 4.79 Å². The van der Waals surface area contributed by atoms with Crippen LogP contribution in [-0.2, 0) is 30.3 Å². The van der Waals surface area contributed by atoms with Gasteiger partial charge in [-0.1, -0.05) is 30.3 Å². The Morgan fingerprint density at radius 1 is 1.41 bits per heavy atom. The maximum atomic E-state index is 12.4. The number of rotatable bonds is 5. The van der Waals surface area contributed by atoms with Gasteiger partial charge in [-0.15, -0.1) is 0 Å². The molecule has 7 nitrogen and oxygen atoms in total. The molecule has 1 aliphatic heterocycles. The molecule has 2 rings (SSSR count). The van der Waals surface area contributed by atoms with Gasteiger partial charge in [0.25, 0.3) is 5.91 Å². The van der Waals surface area contributed by atoms with Crippen LogP contribution < -0.4 is 0 Å². The van der Waals surface area contributed by atoms with E-state index in [1.165, 1.54) is 12.0 Å². The zero-order valence-corrected chi connectivity index (χ0v) is 12.5. The molecule has 120 valence electrons. The molecular formula is C15H19NO6. The van der Waals surface area contributed by atoms with Crippen LogP contribution in [0.1, 0.15) is 5.56 Å². The van der Waals surface area contributed by atoms with Gasteiger partial charge in [0.2, 0.25) is 0 Å². The van der Waals surface area contributed by atoms with Crippen molar-refractivity contribution in [3.05, 3.63) is 35.9 Å². The Hall–Kier alpha value is -1.96. The van der Waals surface area contributed by atoms with E-state index in [2.05, 4.69) is 4.74 Å². The minimum Gasteiger partial charge on any atom is -0.467 e. The summed E-state index contributed by atoms with van der Waals surface area (Å²) in [5, 5.41) is 9.91. The minimum atomic E-state index is -1.69. The Balaban J connectivity index is 2.15. The number of nitrogens with zero attached hydrogens (tertiary/aromatic N) is 1. The van der Waals surface area contributed by atoms with Crippen molar-refractivity contribution in [3.63, 3.8) is 0 Å². The van der Waals surface area contributed by atoms with Crippen LogP contribution in [0.3, 0.4) is 0 Å². The molecule has 0 bridgehead atoms. The molecule has 0 aliphatic carbocycles. The normalized spacial score (nSPS) is 23.2. The van der Waals surface area contributed by atoms with E-state index < -0.39 is 30.4 Å². The van der Waals surface area contributed by atoms with Gasteiger partial charge >= 0.3 is 5.97 Å². The number of morpholine rings is 1. The topological polar surface area (TPSA) is 85.3 Å². The predicted molar refractivity (Wildman–Crippen MR) is 75.6 cm³/mol. The van der Waals surface area contributed by atoms with Crippen LogP contribution >= 0.6 is 0 Å². The van der Waals surface area contributed by atoms with Crippen molar-refractivity contribution >= 4 is 11.9 Å². The molecule has 0 saturated carbocycles. The van der Waals surface area contributed by atoms with E-state index in [4.69, 9.17) is 9.47 Å². The van der Waals surface area contributed by atoms with E-state index in [0.717, 1.165) is 12.7 Å². The first-order valence-electron chi connectivity index (χ1n) is 6.83. The fourth-order valence-corrected chi connectivity index (χ4v) is 2.24. The summed E-state index contributed by atoms with van der Waals surface area (Å²) in [5.41, 5.74) is 0.930. The van der Waals surface area contributed by atoms with Crippen LogP contribution in [0.25, 0.3) is 0 Å². The third-order valence-electron chi connectivity index (χ3n) is 3.43. The van der Waals surface area contributed by atoms with Gasteiger partial charge < -0.3 is 24.2 Å². The lowest BCUT2D eigenvalue weighted by Gasteiger charge is -2.37. The van der Waals surface area contributed by atoms with E-state index in [-0.39, 0.29) is 6.54 Å². The highest BCUT2D eigenvalue weighted by Crippen LogP contribution is 2.19. The van der Waals surface area contributed by atoms with Crippen molar-refractivity contribution in [2.45, 2.75) is 25.0 Å². The van der Waals surface area contributed by atoms with Crippen LogP contribution in [0.15, 0.2) is 30.3 Å². The molecule has 1 unspecified atom stereocenters. The zero-order valence-electron chi connectivity index (χ0n) is 12.5. The first kappa shape index (κ1) is 16.4. The molecular weight excluding hydrogens is 290 g/mol. The van der Waals surface area contributed by atoms with Gasteiger partial charge in [0.05, 0.1) is 13.7 Å². The number of amides is 1. The largest absolute Gasteiger partial charge is 0.467 e. The predicted octanol–water partition coefficient (Wildman–Crippen LogP) is -0.0796. The summed E-state index contributed by atoms with van der Waals surface area (Å²) >= 11 is 0. The van der Waals surface area contributed by atoms with Crippen LogP contribution in [0.4, 0.5) is 0 Å². The molecule has 1 N–H and O–H groups in total. The van der Waals surface area contributed by atoms with Gasteiger partial charge in [0.15, 0.2) is 18.5 Å². The minimum absolute atomic E-state index is 0.217. The number of carbonyl (C=O) groups excluding carboxylic acids is 2. The second-order valence-corrected chi connectivity index (χ2v) is 4.89. The average Bonchev–Trinajstić information content (AvgIpc) is 2.56. The van der Waals surface area contributed by atoms with Crippen LogP contribution in [-0.4, -0.2) is 61.1 Å². The van der Waals surface area contributed by atoms with Crippen LogP contribution in [0.5, 0.6) is 0 Å². The van der Waals surface area contributed by atoms with Gasteiger partial charge in [-0.05, 0) is 5.56 Å². The second kappa shape index (κ2) is 7.35. The fraction of sp³-hybridized carbons (Fsp3) is 0.467.